The monoisotopic (exact) mass is 529 g/mol. The Kier molecular flexibility index (Phi) is 11.6. The molecule has 0 unspecified atom stereocenters. The highest BCUT2D eigenvalue weighted by Gasteiger charge is 2.28. The maximum atomic E-state index is 13.5. The normalized spacial score (nSPS) is 12.2. The highest BCUT2D eigenvalue weighted by Crippen LogP contribution is 2.22. The lowest BCUT2D eigenvalue weighted by Crippen LogP contribution is -2.49. The summed E-state index contributed by atoms with van der Waals surface area (Å²) in [6, 6.07) is 13.0. The van der Waals surface area contributed by atoms with Crippen molar-refractivity contribution in [2.45, 2.75) is 79.3 Å². The van der Waals surface area contributed by atoms with Gasteiger partial charge in [0.05, 0.1) is 11.9 Å². The van der Waals surface area contributed by atoms with Crippen molar-refractivity contribution in [3.8, 4) is 0 Å². The quantitative estimate of drug-likeness (QED) is 0.353. The van der Waals surface area contributed by atoms with Crippen LogP contribution in [-0.2, 0) is 26.2 Å². The summed E-state index contributed by atoms with van der Waals surface area (Å²) in [5.41, 5.74) is 4.63. The third-order valence-electron chi connectivity index (χ3n) is 6.34. The molecule has 0 fully saturated rings. The fourth-order valence-corrected chi connectivity index (χ4v) is 5.36. The van der Waals surface area contributed by atoms with E-state index in [1.807, 2.05) is 70.2 Å². The fourth-order valence-electron chi connectivity index (χ4n) is 4.41. The van der Waals surface area contributed by atoms with E-state index in [0.29, 0.717) is 31.6 Å². The van der Waals surface area contributed by atoms with Crippen LogP contribution in [0.4, 0.5) is 5.69 Å². The summed E-state index contributed by atoms with van der Waals surface area (Å²) in [5, 5.41) is 2.97. The predicted molar refractivity (Wildman–Crippen MR) is 151 cm³/mol. The minimum atomic E-state index is -3.53. The molecule has 0 aliphatic heterocycles. The van der Waals surface area contributed by atoms with Crippen LogP contribution in [0.25, 0.3) is 0 Å². The van der Waals surface area contributed by atoms with Gasteiger partial charge in [-0.1, -0.05) is 56.2 Å². The molecule has 0 spiro atoms. The van der Waals surface area contributed by atoms with E-state index in [1.54, 1.807) is 4.90 Å². The molecule has 0 aliphatic rings. The van der Waals surface area contributed by atoms with Gasteiger partial charge in [0, 0.05) is 26.1 Å². The van der Waals surface area contributed by atoms with E-state index in [1.165, 1.54) is 10.6 Å². The fraction of sp³-hybridized carbons (Fsp3) is 0.517. The van der Waals surface area contributed by atoms with Crippen molar-refractivity contribution in [1.29, 1.82) is 0 Å². The van der Waals surface area contributed by atoms with Crippen molar-refractivity contribution in [2.75, 3.05) is 23.7 Å². The van der Waals surface area contributed by atoms with Crippen LogP contribution in [0.15, 0.2) is 42.5 Å². The topological polar surface area (TPSA) is 86.8 Å². The molecule has 7 nitrogen and oxygen atoms in total. The number of nitrogens with one attached hydrogen (secondary N) is 1. The van der Waals surface area contributed by atoms with Crippen LogP contribution >= 0.6 is 0 Å². The molecule has 37 heavy (non-hydrogen) atoms. The lowest BCUT2D eigenvalue weighted by molar-refractivity contribution is -0.141. The molecule has 0 aliphatic carbocycles. The molecular weight excluding hydrogens is 486 g/mol. The largest absolute Gasteiger partial charge is 0.354 e. The number of rotatable bonds is 14. The van der Waals surface area contributed by atoms with Crippen molar-refractivity contribution in [3.05, 3.63) is 64.7 Å². The van der Waals surface area contributed by atoms with Crippen LogP contribution in [0.5, 0.6) is 0 Å². The SMILES string of the molecule is CCCCNC(=O)[C@@H](CC)N(Cc1ccc(C)cc1)C(=O)CCCN(c1cc(C)cc(C)c1)S(C)(=O)=O. The number of hydrogen-bond acceptors (Lipinski definition) is 4. The number of amides is 2. The second-order valence-electron chi connectivity index (χ2n) is 9.86. The molecule has 0 bridgehead atoms. The second kappa shape index (κ2) is 14.2. The van der Waals surface area contributed by atoms with Gasteiger partial charge < -0.3 is 10.2 Å². The number of benzene rings is 2. The van der Waals surface area contributed by atoms with Crippen LogP contribution in [0.2, 0.25) is 0 Å². The van der Waals surface area contributed by atoms with Crippen molar-refractivity contribution in [1.82, 2.24) is 10.2 Å². The molecule has 0 saturated heterocycles. The van der Waals surface area contributed by atoms with Gasteiger partial charge in [-0.15, -0.1) is 0 Å². The summed E-state index contributed by atoms with van der Waals surface area (Å²) in [7, 11) is -3.53. The van der Waals surface area contributed by atoms with Crippen LogP contribution in [0.3, 0.4) is 0 Å². The minimum absolute atomic E-state index is 0.140. The number of carbonyl (C=O) groups is 2. The molecule has 2 rings (SSSR count). The van der Waals surface area contributed by atoms with Gasteiger partial charge in [0.15, 0.2) is 0 Å². The zero-order valence-corrected chi connectivity index (χ0v) is 24.0. The molecule has 2 aromatic carbocycles. The highest BCUT2D eigenvalue weighted by atomic mass is 32.2. The number of hydrogen-bond donors (Lipinski definition) is 1. The van der Waals surface area contributed by atoms with Crippen LogP contribution in [0, 0.1) is 20.8 Å². The molecule has 1 N–H and O–H groups in total. The molecular formula is C29H43N3O4S. The summed E-state index contributed by atoms with van der Waals surface area (Å²) in [6.07, 6.45) is 4.02. The van der Waals surface area contributed by atoms with E-state index in [0.717, 1.165) is 35.1 Å². The Bertz CT molecular complexity index is 1130. The number of anilines is 1. The average molecular weight is 530 g/mol. The minimum Gasteiger partial charge on any atom is -0.354 e. The number of aryl methyl sites for hydroxylation is 3. The zero-order valence-electron chi connectivity index (χ0n) is 23.2. The van der Waals surface area contributed by atoms with Gasteiger partial charge in [0.2, 0.25) is 21.8 Å². The standard InChI is InChI=1S/C29H43N3O4S/c1-7-9-16-30-29(34)27(8-2)31(21-25-14-12-22(3)13-15-25)28(33)11-10-17-32(37(6,35)36)26-19-23(4)18-24(5)20-26/h12-15,18-20,27H,7-11,16-17,21H2,1-6H3,(H,30,34)/t27-/m1/s1. The molecule has 204 valence electrons. The molecule has 0 radical (unpaired) electrons. The van der Waals surface area contributed by atoms with E-state index in [-0.39, 0.29) is 24.8 Å². The lowest BCUT2D eigenvalue weighted by Gasteiger charge is -2.31. The van der Waals surface area contributed by atoms with E-state index in [9.17, 15) is 18.0 Å². The first kappa shape index (κ1) is 30.4. The van der Waals surface area contributed by atoms with E-state index in [4.69, 9.17) is 0 Å². The first-order chi connectivity index (χ1) is 17.5. The third-order valence-corrected chi connectivity index (χ3v) is 7.53. The van der Waals surface area contributed by atoms with E-state index < -0.39 is 16.1 Å². The van der Waals surface area contributed by atoms with Crippen LogP contribution < -0.4 is 9.62 Å². The first-order valence-electron chi connectivity index (χ1n) is 13.1. The summed E-state index contributed by atoms with van der Waals surface area (Å²) in [5.74, 6) is -0.309. The van der Waals surface area contributed by atoms with Crippen LogP contribution in [-0.4, -0.2) is 50.5 Å². The third kappa shape index (κ3) is 9.50. The van der Waals surface area contributed by atoms with Crippen molar-refractivity contribution < 1.29 is 18.0 Å². The Morgan fingerprint density at radius 2 is 1.54 bits per heavy atom. The Labute approximate surface area is 223 Å². The van der Waals surface area contributed by atoms with E-state index in [2.05, 4.69) is 12.2 Å². The molecule has 2 amide bonds. The zero-order chi connectivity index (χ0) is 27.6. The molecule has 0 heterocycles. The Balaban J connectivity index is 2.21. The first-order valence-corrected chi connectivity index (χ1v) is 15.0. The van der Waals surface area contributed by atoms with E-state index >= 15 is 0 Å². The second-order valence-corrected chi connectivity index (χ2v) is 11.8. The predicted octanol–water partition coefficient (Wildman–Crippen LogP) is 4.88. The number of carbonyl (C=O) groups excluding carboxylic acids is 2. The van der Waals surface area contributed by atoms with Crippen molar-refractivity contribution in [3.63, 3.8) is 0 Å². The van der Waals surface area contributed by atoms with Gasteiger partial charge in [-0.25, -0.2) is 8.42 Å². The Hall–Kier alpha value is -2.87. The van der Waals surface area contributed by atoms with Crippen molar-refractivity contribution >= 4 is 27.5 Å². The van der Waals surface area contributed by atoms with Crippen molar-refractivity contribution in [2.24, 2.45) is 0 Å². The molecule has 2 aromatic rings. The summed E-state index contributed by atoms with van der Waals surface area (Å²) >= 11 is 0. The average Bonchev–Trinajstić information content (AvgIpc) is 2.81. The highest BCUT2D eigenvalue weighted by molar-refractivity contribution is 7.92. The Morgan fingerprint density at radius 1 is 0.919 bits per heavy atom. The lowest BCUT2D eigenvalue weighted by atomic mass is 10.1. The number of unbranched alkanes of at least 4 members (excludes halogenated alkanes) is 1. The maximum Gasteiger partial charge on any atom is 0.242 e. The summed E-state index contributed by atoms with van der Waals surface area (Å²) in [6.45, 7) is 10.9. The van der Waals surface area contributed by atoms with Gasteiger partial charge >= 0.3 is 0 Å². The molecule has 0 saturated carbocycles. The van der Waals surface area contributed by atoms with Gasteiger partial charge in [0.25, 0.3) is 0 Å². The summed E-state index contributed by atoms with van der Waals surface area (Å²) in [4.78, 5) is 28.2. The smallest absolute Gasteiger partial charge is 0.242 e. The molecule has 0 aromatic heterocycles. The van der Waals surface area contributed by atoms with Gasteiger partial charge in [-0.2, -0.15) is 0 Å². The number of sulfonamides is 1. The van der Waals surface area contributed by atoms with Gasteiger partial charge in [0.1, 0.15) is 6.04 Å². The number of nitrogens with zero attached hydrogens (tertiary/aromatic N) is 2. The Morgan fingerprint density at radius 3 is 2.08 bits per heavy atom. The molecule has 1 atom stereocenters. The van der Waals surface area contributed by atoms with Gasteiger partial charge in [-0.05, 0) is 68.9 Å². The van der Waals surface area contributed by atoms with Gasteiger partial charge in [-0.3, -0.25) is 13.9 Å². The summed E-state index contributed by atoms with van der Waals surface area (Å²) < 4.78 is 26.5. The molecule has 8 heteroatoms. The maximum absolute atomic E-state index is 13.5. The van der Waals surface area contributed by atoms with Crippen LogP contribution in [0.1, 0.15) is 68.2 Å².